The van der Waals surface area contributed by atoms with Crippen LogP contribution in [0.15, 0.2) is 32.9 Å². The second-order valence-electron chi connectivity index (χ2n) is 6.98. The van der Waals surface area contributed by atoms with Gasteiger partial charge in [0.1, 0.15) is 16.9 Å². The van der Waals surface area contributed by atoms with Crippen LogP contribution in [0.1, 0.15) is 34.7 Å². The number of hydrogen-bond acceptors (Lipinski definition) is 9. The first-order valence-corrected chi connectivity index (χ1v) is 11.2. The van der Waals surface area contributed by atoms with E-state index in [2.05, 4.69) is 20.3 Å². The smallest absolute Gasteiger partial charge is 0.270 e. The van der Waals surface area contributed by atoms with Crippen molar-refractivity contribution in [2.24, 2.45) is 0 Å². The molecule has 0 atom stereocenters. The maximum absolute atomic E-state index is 12.9. The summed E-state index contributed by atoms with van der Waals surface area (Å²) in [7, 11) is 0. The van der Waals surface area contributed by atoms with E-state index >= 15 is 0 Å². The van der Waals surface area contributed by atoms with Crippen molar-refractivity contribution in [3.05, 3.63) is 55.8 Å². The number of nitrogens with two attached hydrogens (primary N) is 1. The average Bonchev–Trinajstić information content (AvgIpc) is 2.78. The summed E-state index contributed by atoms with van der Waals surface area (Å²) < 4.78 is 1.40. The monoisotopic (exact) mass is 503 g/mol. The predicted octanol–water partition coefficient (Wildman–Crippen LogP) is 3.24. The molecule has 1 amide bonds. The lowest BCUT2D eigenvalue weighted by Gasteiger charge is -2.18. The molecule has 3 heterocycles. The number of hydrogen-bond donors (Lipinski definition) is 3. The Bertz CT molecular complexity index is 1390. The Balaban J connectivity index is 1.64. The normalized spacial score (nSPS) is 12.6. The van der Waals surface area contributed by atoms with Gasteiger partial charge in [-0.2, -0.15) is 10.2 Å². The summed E-state index contributed by atoms with van der Waals surface area (Å²) >= 11 is 13.3. The third-order valence-corrected chi connectivity index (χ3v) is 6.70. The predicted molar refractivity (Wildman–Crippen MR) is 123 cm³/mol. The number of nitriles is 1. The minimum Gasteiger partial charge on any atom is -0.493 e. The van der Waals surface area contributed by atoms with Crippen LogP contribution in [0.25, 0.3) is 0 Å². The molecule has 0 radical (unpaired) electrons. The molecule has 3 aromatic rings. The van der Waals surface area contributed by atoms with Gasteiger partial charge in [0.25, 0.3) is 11.5 Å². The maximum atomic E-state index is 12.9. The van der Waals surface area contributed by atoms with Crippen LogP contribution in [-0.2, 0) is 13.0 Å². The molecule has 2 aromatic heterocycles. The Labute approximate surface area is 201 Å². The zero-order valence-corrected chi connectivity index (χ0v) is 19.1. The molecule has 0 spiro atoms. The molecule has 13 heteroatoms. The highest BCUT2D eigenvalue weighted by molar-refractivity contribution is 7.99. The highest BCUT2D eigenvalue weighted by Gasteiger charge is 2.24. The first kappa shape index (κ1) is 22.8. The van der Waals surface area contributed by atoms with E-state index in [4.69, 9.17) is 34.2 Å². The maximum Gasteiger partial charge on any atom is 0.270 e. The van der Waals surface area contributed by atoms with Gasteiger partial charge in [0.05, 0.1) is 10.7 Å². The Morgan fingerprint density at radius 1 is 1.27 bits per heavy atom. The SMILES string of the molecule is N#Cc1nc(Sc2cccc(NC(=O)c3c(O)nc4n(c3=O)CCCC4)c2Cl)c(N)nc1Cl. The molecule has 0 unspecified atom stereocenters. The van der Waals surface area contributed by atoms with Gasteiger partial charge in [-0.3, -0.25) is 14.2 Å². The molecule has 168 valence electrons. The van der Waals surface area contributed by atoms with Crippen molar-refractivity contribution in [2.75, 3.05) is 11.1 Å². The quantitative estimate of drug-likeness (QED) is 0.485. The molecule has 10 nitrogen and oxygen atoms in total. The van der Waals surface area contributed by atoms with Crippen LogP contribution >= 0.6 is 35.0 Å². The first-order valence-electron chi connectivity index (χ1n) is 9.63. The molecule has 0 fully saturated rings. The standard InChI is InChI=1S/C20H15Cl2N7O3S/c21-14-9(4-3-5-11(14)33-19-16(24)28-15(22)10(8-23)26-19)25-17(30)13-18(31)27-12-6-1-2-7-29(12)20(13)32/h3-5,31H,1-2,6-7H2,(H2,24,28)(H,25,30). The van der Waals surface area contributed by atoms with Gasteiger partial charge in [-0.25, -0.2) is 9.97 Å². The number of nitrogens with one attached hydrogen (secondary N) is 1. The van der Waals surface area contributed by atoms with E-state index in [1.54, 1.807) is 12.1 Å². The van der Waals surface area contributed by atoms with Crippen molar-refractivity contribution in [3.8, 4) is 11.9 Å². The van der Waals surface area contributed by atoms with Gasteiger partial charge in [-0.1, -0.05) is 41.0 Å². The fourth-order valence-corrected chi connectivity index (χ4v) is 4.60. The summed E-state index contributed by atoms with van der Waals surface area (Å²) in [5.74, 6) is -1.00. The lowest BCUT2D eigenvalue weighted by atomic mass is 10.1. The number of aromatic hydroxyl groups is 1. The van der Waals surface area contributed by atoms with E-state index < -0.39 is 22.9 Å². The van der Waals surface area contributed by atoms with Crippen LogP contribution in [0.3, 0.4) is 0 Å². The van der Waals surface area contributed by atoms with E-state index in [-0.39, 0.29) is 32.4 Å². The van der Waals surface area contributed by atoms with Crippen LogP contribution in [0.2, 0.25) is 10.2 Å². The number of carbonyl (C=O) groups excluding carboxylic acids is 1. The molecule has 4 N–H and O–H groups in total. The van der Waals surface area contributed by atoms with E-state index in [1.807, 2.05) is 6.07 Å². The van der Waals surface area contributed by atoms with E-state index in [1.165, 1.54) is 10.6 Å². The molecule has 4 rings (SSSR count). The lowest BCUT2D eigenvalue weighted by Crippen LogP contribution is -2.34. The Kier molecular flexibility index (Phi) is 6.42. The third kappa shape index (κ3) is 4.45. The van der Waals surface area contributed by atoms with Gasteiger partial charge in [-0.15, -0.1) is 0 Å². The van der Waals surface area contributed by atoms with Gasteiger partial charge in [0.2, 0.25) is 5.88 Å². The molecular weight excluding hydrogens is 489 g/mol. The number of halogens is 2. The number of fused-ring (bicyclic) bond motifs is 1. The molecule has 33 heavy (non-hydrogen) atoms. The van der Waals surface area contributed by atoms with Gasteiger partial charge in [0.15, 0.2) is 22.2 Å². The minimum absolute atomic E-state index is 0.00702. The Morgan fingerprint density at radius 2 is 2.06 bits per heavy atom. The molecule has 1 aliphatic heterocycles. The second kappa shape index (κ2) is 9.27. The summed E-state index contributed by atoms with van der Waals surface area (Å²) in [6, 6.07) is 6.62. The van der Waals surface area contributed by atoms with Crippen molar-refractivity contribution in [3.63, 3.8) is 0 Å². The summed E-state index contributed by atoms with van der Waals surface area (Å²) in [6.07, 6.45) is 2.20. The molecular formula is C20H15Cl2N7O3S. The van der Waals surface area contributed by atoms with E-state index in [9.17, 15) is 14.7 Å². The van der Waals surface area contributed by atoms with Crippen LogP contribution in [0.4, 0.5) is 11.5 Å². The van der Waals surface area contributed by atoms with Gasteiger partial charge in [0, 0.05) is 17.9 Å². The number of nitrogens with zero attached hydrogens (tertiary/aromatic N) is 5. The Morgan fingerprint density at radius 3 is 2.82 bits per heavy atom. The van der Waals surface area contributed by atoms with Gasteiger partial charge >= 0.3 is 0 Å². The zero-order chi connectivity index (χ0) is 23.7. The fourth-order valence-electron chi connectivity index (χ4n) is 3.29. The third-order valence-electron chi connectivity index (χ3n) is 4.86. The largest absolute Gasteiger partial charge is 0.493 e. The number of aromatic nitrogens is 4. The summed E-state index contributed by atoms with van der Waals surface area (Å²) in [5.41, 5.74) is 4.89. The van der Waals surface area contributed by atoms with Crippen LogP contribution in [-0.4, -0.2) is 30.5 Å². The number of aryl methyl sites for hydroxylation is 1. The van der Waals surface area contributed by atoms with Crippen molar-refractivity contribution in [1.29, 1.82) is 5.26 Å². The minimum atomic E-state index is -0.840. The van der Waals surface area contributed by atoms with Crippen molar-refractivity contribution >= 4 is 52.4 Å². The van der Waals surface area contributed by atoms with Crippen LogP contribution in [0.5, 0.6) is 5.88 Å². The van der Waals surface area contributed by atoms with Gasteiger partial charge in [-0.05, 0) is 25.0 Å². The summed E-state index contributed by atoms with van der Waals surface area (Å²) in [6.45, 7) is 0.433. The van der Waals surface area contributed by atoms with Crippen molar-refractivity contribution in [2.45, 2.75) is 35.7 Å². The highest BCUT2D eigenvalue weighted by Crippen LogP contribution is 2.39. The lowest BCUT2D eigenvalue weighted by molar-refractivity contribution is 0.102. The van der Waals surface area contributed by atoms with E-state index in [0.29, 0.717) is 23.7 Å². The summed E-state index contributed by atoms with van der Waals surface area (Å²) in [4.78, 5) is 38.1. The van der Waals surface area contributed by atoms with Crippen molar-refractivity contribution in [1.82, 2.24) is 19.5 Å². The molecule has 0 bridgehead atoms. The molecule has 0 saturated heterocycles. The highest BCUT2D eigenvalue weighted by atomic mass is 35.5. The topological polar surface area (TPSA) is 160 Å². The van der Waals surface area contributed by atoms with Crippen LogP contribution < -0.4 is 16.6 Å². The molecule has 1 aromatic carbocycles. The Hall–Kier alpha value is -3.33. The number of benzene rings is 1. The fraction of sp³-hybridized carbons (Fsp3) is 0.200. The van der Waals surface area contributed by atoms with Gasteiger partial charge < -0.3 is 16.2 Å². The number of rotatable bonds is 4. The molecule has 1 aliphatic rings. The van der Waals surface area contributed by atoms with E-state index in [0.717, 1.165) is 24.6 Å². The number of nitrogen functional groups attached to an aromatic ring is 1. The zero-order valence-electron chi connectivity index (χ0n) is 16.8. The first-order chi connectivity index (χ1) is 15.8. The summed E-state index contributed by atoms with van der Waals surface area (Å²) in [5, 5.41) is 22.1. The molecule has 0 aliphatic carbocycles. The second-order valence-corrected chi connectivity index (χ2v) is 8.75. The molecule has 0 saturated carbocycles. The number of anilines is 2. The average molecular weight is 504 g/mol. The number of carbonyl (C=O) groups is 1. The van der Waals surface area contributed by atoms with Crippen molar-refractivity contribution < 1.29 is 9.90 Å². The number of amides is 1. The van der Waals surface area contributed by atoms with Crippen LogP contribution in [0, 0.1) is 11.3 Å².